The summed E-state index contributed by atoms with van der Waals surface area (Å²) < 4.78 is 7.53. The van der Waals surface area contributed by atoms with Crippen LogP contribution in [0, 0.1) is 0 Å². The summed E-state index contributed by atoms with van der Waals surface area (Å²) in [6.45, 7) is 3.48. The van der Waals surface area contributed by atoms with Crippen LogP contribution in [0.25, 0.3) is 11.4 Å². The Morgan fingerprint density at radius 3 is 3.00 bits per heavy atom. The normalized spacial score (nSPS) is 22.3. The summed E-state index contributed by atoms with van der Waals surface area (Å²) >= 11 is 6.03. The van der Waals surface area contributed by atoms with Gasteiger partial charge in [0.1, 0.15) is 0 Å². The van der Waals surface area contributed by atoms with Gasteiger partial charge in [-0.05, 0) is 48.4 Å². The van der Waals surface area contributed by atoms with Crippen molar-refractivity contribution in [2.24, 2.45) is 0 Å². The molecule has 20 heavy (non-hydrogen) atoms. The monoisotopic (exact) mass is 293 g/mol. The number of benzene rings is 1. The van der Waals surface area contributed by atoms with E-state index in [9.17, 15) is 0 Å². The van der Waals surface area contributed by atoms with Crippen LogP contribution < -0.4 is 5.73 Å². The second-order valence-corrected chi connectivity index (χ2v) is 5.77. The number of hydrogen-bond acceptors (Lipinski definition) is 5. The van der Waals surface area contributed by atoms with Crippen molar-refractivity contribution >= 4 is 17.3 Å². The van der Waals surface area contributed by atoms with Gasteiger partial charge in [-0.15, -0.1) is 5.10 Å². The number of nitrogens with two attached hydrogens (primary N) is 1. The van der Waals surface area contributed by atoms with Gasteiger partial charge in [-0.25, -0.2) is 4.68 Å². The molecule has 1 aromatic heterocycles. The van der Waals surface area contributed by atoms with Crippen LogP contribution in [-0.4, -0.2) is 32.4 Å². The van der Waals surface area contributed by atoms with Gasteiger partial charge in [-0.3, -0.25) is 0 Å². The smallest absolute Gasteiger partial charge is 0.182 e. The van der Waals surface area contributed by atoms with E-state index in [2.05, 4.69) is 22.4 Å². The average Bonchev–Trinajstić information content (AvgIpc) is 2.98. The van der Waals surface area contributed by atoms with Crippen molar-refractivity contribution in [1.29, 1.82) is 0 Å². The van der Waals surface area contributed by atoms with Crippen LogP contribution in [-0.2, 0) is 11.3 Å². The molecule has 0 radical (unpaired) electrons. The van der Waals surface area contributed by atoms with Gasteiger partial charge in [0.05, 0.1) is 12.1 Å². The molecule has 106 valence electrons. The third-order valence-corrected chi connectivity index (χ3v) is 3.71. The molecular formula is C13H16ClN5O. The molecule has 0 aliphatic carbocycles. The molecule has 1 saturated heterocycles. The topological polar surface area (TPSA) is 78.9 Å². The van der Waals surface area contributed by atoms with E-state index in [0.29, 0.717) is 23.1 Å². The van der Waals surface area contributed by atoms with Crippen LogP contribution in [0.15, 0.2) is 18.2 Å². The van der Waals surface area contributed by atoms with Gasteiger partial charge in [-0.2, -0.15) is 0 Å². The molecule has 1 unspecified atom stereocenters. The van der Waals surface area contributed by atoms with Gasteiger partial charge in [0.15, 0.2) is 5.82 Å². The average molecular weight is 294 g/mol. The van der Waals surface area contributed by atoms with Crippen molar-refractivity contribution in [2.45, 2.75) is 31.9 Å². The number of tetrazole rings is 1. The van der Waals surface area contributed by atoms with Crippen molar-refractivity contribution in [3.05, 3.63) is 23.2 Å². The van der Waals surface area contributed by atoms with Gasteiger partial charge in [0.25, 0.3) is 0 Å². The van der Waals surface area contributed by atoms with E-state index in [4.69, 9.17) is 22.1 Å². The van der Waals surface area contributed by atoms with Gasteiger partial charge in [0, 0.05) is 22.9 Å². The van der Waals surface area contributed by atoms with Gasteiger partial charge < -0.3 is 10.5 Å². The van der Waals surface area contributed by atoms with Crippen molar-refractivity contribution < 1.29 is 4.74 Å². The Morgan fingerprint density at radius 2 is 2.30 bits per heavy atom. The maximum Gasteiger partial charge on any atom is 0.182 e. The highest BCUT2D eigenvalue weighted by Crippen LogP contribution is 2.29. The molecule has 0 bridgehead atoms. The number of halogens is 1. The van der Waals surface area contributed by atoms with Crippen LogP contribution in [0.1, 0.15) is 19.8 Å². The van der Waals surface area contributed by atoms with Crippen LogP contribution in [0.4, 0.5) is 5.69 Å². The van der Waals surface area contributed by atoms with Gasteiger partial charge >= 0.3 is 0 Å². The second kappa shape index (κ2) is 5.03. The molecule has 0 amide bonds. The molecule has 1 fully saturated rings. The van der Waals surface area contributed by atoms with Crippen LogP contribution >= 0.6 is 11.6 Å². The first kappa shape index (κ1) is 13.3. The lowest BCUT2D eigenvalue weighted by Crippen LogP contribution is -2.30. The summed E-state index contributed by atoms with van der Waals surface area (Å²) in [4.78, 5) is 0. The molecule has 2 N–H and O–H groups in total. The third-order valence-electron chi connectivity index (χ3n) is 3.49. The summed E-state index contributed by atoms with van der Waals surface area (Å²) in [5.41, 5.74) is 7.00. The molecule has 1 atom stereocenters. The van der Waals surface area contributed by atoms with E-state index in [1.165, 1.54) is 0 Å². The number of rotatable bonds is 3. The molecule has 0 saturated carbocycles. The lowest BCUT2D eigenvalue weighted by molar-refractivity contribution is 0.00356. The number of hydrogen-bond donors (Lipinski definition) is 1. The first-order valence-electron chi connectivity index (χ1n) is 6.52. The maximum atomic E-state index is 6.03. The first-order chi connectivity index (χ1) is 9.56. The molecule has 1 aliphatic rings. The zero-order valence-electron chi connectivity index (χ0n) is 11.2. The molecule has 1 aromatic carbocycles. The predicted octanol–water partition coefficient (Wildman–Crippen LogP) is 2.14. The van der Waals surface area contributed by atoms with Crippen LogP contribution in [0.3, 0.4) is 0 Å². The Bertz CT molecular complexity index is 601. The second-order valence-electron chi connectivity index (χ2n) is 5.34. The first-order valence-corrected chi connectivity index (χ1v) is 6.90. The molecule has 1 aliphatic heterocycles. The van der Waals surface area contributed by atoms with Crippen LogP contribution in [0.5, 0.6) is 0 Å². The highest BCUT2D eigenvalue weighted by atomic mass is 35.5. The SMILES string of the molecule is CC1(Cn2nnnc2-c2cc(N)cc(Cl)c2)CCCO1. The summed E-state index contributed by atoms with van der Waals surface area (Å²) in [6.07, 6.45) is 2.07. The lowest BCUT2D eigenvalue weighted by Gasteiger charge is -2.23. The number of ether oxygens (including phenoxy) is 1. The fraction of sp³-hybridized carbons (Fsp3) is 0.462. The highest BCUT2D eigenvalue weighted by Gasteiger charge is 2.31. The van der Waals surface area contributed by atoms with E-state index in [-0.39, 0.29) is 5.60 Å². The zero-order valence-corrected chi connectivity index (χ0v) is 12.0. The van der Waals surface area contributed by atoms with Crippen molar-refractivity contribution in [3.63, 3.8) is 0 Å². The highest BCUT2D eigenvalue weighted by molar-refractivity contribution is 6.31. The minimum atomic E-state index is -0.214. The Balaban J connectivity index is 1.93. The van der Waals surface area contributed by atoms with E-state index >= 15 is 0 Å². The number of aromatic nitrogens is 4. The van der Waals surface area contributed by atoms with Crippen molar-refractivity contribution in [3.8, 4) is 11.4 Å². The Labute approximate surface area is 121 Å². The molecule has 2 aromatic rings. The van der Waals surface area contributed by atoms with E-state index in [0.717, 1.165) is 25.0 Å². The summed E-state index contributed by atoms with van der Waals surface area (Å²) in [6, 6.07) is 5.31. The minimum Gasteiger partial charge on any atom is -0.399 e. The Morgan fingerprint density at radius 1 is 1.45 bits per heavy atom. The predicted molar refractivity (Wildman–Crippen MR) is 76.3 cm³/mol. The fourth-order valence-electron chi connectivity index (χ4n) is 2.54. The molecule has 3 rings (SSSR count). The van der Waals surface area contributed by atoms with Crippen molar-refractivity contribution in [1.82, 2.24) is 20.2 Å². The number of nitrogen functional groups attached to an aromatic ring is 1. The fourth-order valence-corrected chi connectivity index (χ4v) is 2.78. The summed E-state index contributed by atoms with van der Waals surface area (Å²) in [5.74, 6) is 0.649. The third kappa shape index (κ3) is 2.62. The zero-order chi connectivity index (χ0) is 14.2. The molecule has 0 spiro atoms. The van der Waals surface area contributed by atoms with E-state index in [1.54, 1.807) is 16.8 Å². The van der Waals surface area contributed by atoms with E-state index in [1.807, 2.05) is 6.07 Å². The maximum absolute atomic E-state index is 6.03. The number of anilines is 1. The molecular weight excluding hydrogens is 278 g/mol. The largest absolute Gasteiger partial charge is 0.399 e. The standard InChI is InChI=1S/C13H16ClN5O/c1-13(3-2-4-20-13)8-19-12(16-17-18-19)9-5-10(14)7-11(15)6-9/h5-7H,2-4,8,15H2,1H3. The van der Waals surface area contributed by atoms with Gasteiger partial charge in [0.2, 0.25) is 0 Å². The summed E-state index contributed by atoms with van der Waals surface area (Å²) in [7, 11) is 0. The lowest BCUT2D eigenvalue weighted by atomic mass is 10.0. The minimum absolute atomic E-state index is 0.214. The number of nitrogens with zero attached hydrogens (tertiary/aromatic N) is 4. The van der Waals surface area contributed by atoms with Crippen molar-refractivity contribution in [2.75, 3.05) is 12.3 Å². The quantitative estimate of drug-likeness (QED) is 0.877. The molecule has 7 heteroatoms. The molecule has 6 nitrogen and oxygen atoms in total. The summed E-state index contributed by atoms with van der Waals surface area (Å²) in [5, 5.41) is 12.4. The Hall–Kier alpha value is -1.66. The van der Waals surface area contributed by atoms with E-state index < -0.39 is 0 Å². The van der Waals surface area contributed by atoms with Gasteiger partial charge in [-0.1, -0.05) is 11.6 Å². The molecule has 2 heterocycles. The Kier molecular flexibility index (Phi) is 3.35. The van der Waals surface area contributed by atoms with Crippen LogP contribution in [0.2, 0.25) is 5.02 Å².